The fourth-order valence-electron chi connectivity index (χ4n) is 13.7. The van der Waals surface area contributed by atoms with Crippen molar-refractivity contribution in [3.8, 4) is 0 Å². The monoisotopic (exact) mass is 822 g/mol. The van der Waals surface area contributed by atoms with Crippen molar-refractivity contribution in [3.05, 3.63) is 46.0 Å². The van der Waals surface area contributed by atoms with E-state index in [9.17, 15) is 29.4 Å². The third kappa shape index (κ3) is 7.39. The lowest BCUT2D eigenvalue weighted by molar-refractivity contribution is -0.235. The van der Waals surface area contributed by atoms with Gasteiger partial charge in [-0.25, -0.2) is 0 Å². The lowest BCUT2D eigenvalue weighted by Gasteiger charge is -2.72. The summed E-state index contributed by atoms with van der Waals surface area (Å²) in [5.74, 6) is -0.430. The third-order valence-electron chi connectivity index (χ3n) is 17.0. The first-order chi connectivity index (χ1) is 26.8. The highest BCUT2D eigenvalue weighted by molar-refractivity contribution is 6.30. The van der Waals surface area contributed by atoms with E-state index in [4.69, 9.17) is 16.3 Å². The number of carbonyl (C=O) groups excluding carboxylic acids is 3. The normalized spacial score (nSPS) is 34.8. The van der Waals surface area contributed by atoms with Gasteiger partial charge in [0.05, 0.1) is 24.5 Å². The van der Waals surface area contributed by atoms with Crippen LogP contribution in [0.3, 0.4) is 0 Å². The van der Waals surface area contributed by atoms with E-state index in [0.717, 1.165) is 56.1 Å². The number of Topliss-reactive ketones (excluding diaryl/α,β-unsaturated/α-hetero) is 1. The Morgan fingerprint density at radius 3 is 2.17 bits per heavy atom. The second-order valence-electron chi connectivity index (χ2n) is 21.7. The summed E-state index contributed by atoms with van der Waals surface area (Å²) in [6, 6.07) is 7.50. The fraction of sp³-hybridized carbons (Fsp3) is 0.750. The number of allylic oxidation sites excluding steroid dienone is 1. The first-order valence-electron chi connectivity index (χ1n) is 21.9. The second kappa shape index (κ2) is 15.6. The van der Waals surface area contributed by atoms with Gasteiger partial charge in [0.2, 0.25) is 5.91 Å². The summed E-state index contributed by atoms with van der Waals surface area (Å²) in [7, 11) is 3.75. The van der Waals surface area contributed by atoms with Gasteiger partial charge < -0.3 is 24.7 Å². The number of benzene rings is 1. The maximum absolute atomic E-state index is 14.3. The Labute approximate surface area is 352 Å². The molecule has 0 saturated heterocycles. The van der Waals surface area contributed by atoms with Gasteiger partial charge in [0, 0.05) is 35.4 Å². The molecule has 4 fully saturated rings. The smallest absolute Gasteiger partial charge is 0.309 e. The molecule has 0 bridgehead atoms. The molecule has 0 aliphatic heterocycles. The van der Waals surface area contributed by atoms with Crippen LogP contribution in [0.25, 0.3) is 0 Å². The molecule has 4 saturated carbocycles. The van der Waals surface area contributed by atoms with Crippen LogP contribution in [-0.2, 0) is 30.5 Å². The molecule has 1 aromatic carbocycles. The summed E-state index contributed by atoms with van der Waals surface area (Å²) in [6.45, 7) is 20.1. The van der Waals surface area contributed by atoms with Crippen molar-refractivity contribution in [1.82, 2.24) is 9.80 Å². The Bertz CT molecular complexity index is 1820. The molecule has 0 aromatic heterocycles. The van der Waals surface area contributed by atoms with Crippen LogP contribution in [0.4, 0.5) is 0 Å². The Balaban J connectivity index is 1.30. The number of carbonyl (C=O) groups is 4. The van der Waals surface area contributed by atoms with Crippen molar-refractivity contribution in [2.45, 2.75) is 145 Å². The summed E-state index contributed by atoms with van der Waals surface area (Å²) in [4.78, 5) is 56.7. The molecule has 0 spiro atoms. The van der Waals surface area contributed by atoms with Crippen LogP contribution in [0.2, 0.25) is 5.02 Å². The number of aliphatic carboxylic acids is 1. The standard InChI is InChI=1S/C48H71ClN2O7/c1-29(2)40-33(52)24-48(36(53)27-51(38(54)28-50(10)11)26-30-12-14-31(49)15-13-30)23-22-46(8)32(41(40)48)16-17-35-45(7)20-19-37(58-39(55)25-43(3,4)42(56)57)44(5,6)34(45)18-21-47(35,46)9/h12-15,29,32,34-37,53H,16-28H2,1-11H3,(H,56,57)/t32-,34?,35-,36-,37+,45+,46-,47-,48+/m1/s1. The second-order valence-corrected chi connectivity index (χ2v) is 22.1. The van der Waals surface area contributed by atoms with Crippen LogP contribution in [-0.4, -0.2) is 83.0 Å². The minimum absolute atomic E-state index is 0.0114. The van der Waals surface area contributed by atoms with Crippen LogP contribution in [0.1, 0.15) is 132 Å². The van der Waals surface area contributed by atoms with Crippen LogP contribution in [0, 0.1) is 56.2 Å². The fourth-order valence-corrected chi connectivity index (χ4v) is 13.9. The third-order valence-corrected chi connectivity index (χ3v) is 17.2. The van der Waals surface area contributed by atoms with Crippen molar-refractivity contribution in [2.24, 2.45) is 56.2 Å². The zero-order valence-electron chi connectivity index (χ0n) is 37.2. The summed E-state index contributed by atoms with van der Waals surface area (Å²) in [5.41, 5.74) is 0.730. The number of nitrogens with zero attached hydrogens (tertiary/aromatic N) is 2. The number of esters is 1. The van der Waals surface area contributed by atoms with E-state index in [-0.39, 0.29) is 77.2 Å². The number of rotatable bonds is 12. The van der Waals surface area contributed by atoms with E-state index in [0.29, 0.717) is 29.8 Å². The first-order valence-corrected chi connectivity index (χ1v) is 22.3. The molecular weight excluding hydrogens is 752 g/mol. The number of fused-ring (bicyclic) bond motifs is 7. The average molecular weight is 824 g/mol. The van der Waals surface area contributed by atoms with Gasteiger partial charge in [-0.05, 0) is 142 Å². The van der Waals surface area contributed by atoms with Gasteiger partial charge >= 0.3 is 11.9 Å². The molecule has 6 rings (SSSR count). The molecule has 5 aliphatic rings. The van der Waals surface area contributed by atoms with Crippen molar-refractivity contribution in [3.63, 3.8) is 0 Å². The number of halogens is 1. The molecule has 9 atom stereocenters. The highest BCUT2D eigenvalue weighted by Crippen LogP contribution is 2.77. The minimum atomic E-state index is -1.19. The van der Waals surface area contributed by atoms with Crippen molar-refractivity contribution in [1.29, 1.82) is 0 Å². The topological polar surface area (TPSA) is 124 Å². The molecule has 10 heteroatoms. The maximum atomic E-state index is 14.3. The average Bonchev–Trinajstić information content (AvgIpc) is 3.43. The predicted octanol–water partition coefficient (Wildman–Crippen LogP) is 8.98. The molecule has 1 aromatic rings. The summed E-state index contributed by atoms with van der Waals surface area (Å²) in [5, 5.41) is 22.9. The Morgan fingerprint density at radius 2 is 1.57 bits per heavy atom. The molecule has 9 nitrogen and oxygen atoms in total. The van der Waals surface area contributed by atoms with Gasteiger partial charge in [-0.2, -0.15) is 0 Å². The van der Waals surface area contributed by atoms with Crippen LogP contribution in [0.15, 0.2) is 35.4 Å². The number of amides is 1. The van der Waals surface area contributed by atoms with Gasteiger partial charge in [-0.1, -0.05) is 77.8 Å². The van der Waals surface area contributed by atoms with Gasteiger partial charge in [-0.15, -0.1) is 0 Å². The quantitative estimate of drug-likeness (QED) is 0.200. The molecule has 5 aliphatic carbocycles. The molecule has 1 amide bonds. The number of aliphatic hydroxyl groups is 1. The molecule has 2 N–H and O–H groups in total. The molecule has 322 valence electrons. The largest absolute Gasteiger partial charge is 0.481 e. The number of ether oxygens (including phenoxy) is 1. The molecule has 58 heavy (non-hydrogen) atoms. The molecular formula is C48H71ClN2O7. The van der Waals surface area contributed by atoms with E-state index >= 15 is 0 Å². The lowest BCUT2D eigenvalue weighted by atomic mass is 9.33. The van der Waals surface area contributed by atoms with Gasteiger partial charge in [0.25, 0.3) is 0 Å². The van der Waals surface area contributed by atoms with E-state index < -0.39 is 28.9 Å². The molecule has 1 unspecified atom stereocenters. The van der Waals surface area contributed by atoms with Gasteiger partial charge in [0.15, 0.2) is 5.78 Å². The number of carboxylic acid groups (broad SMARTS) is 1. The number of hydrogen-bond donors (Lipinski definition) is 2. The number of ketones is 1. The number of carboxylic acids is 1. The summed E-state index contributed by atoms with van der Waals surface area (Å²) >= 11 is 6.20. The van der Waals surface area contributed by atoms with Crippen LogP contribution >= 0.6 is 11.6 Å². The zero-order valence-corrected chi connectivity index (χ0v) is 37.9. The van der Waals surface area contributed by atoms with Crippen molar-refractivity contribution < 1.29 is 34.1 Å². The van der Waals surface area contributed by atoms with E-state index in [2.05, 4.69) is 48.5 Å². The van der Waals surface area contributed by atoms with E-state index in [1.54, 1.807) is 18.7 Å². The molecule has 0 heterocycles. The lowest BCUT2D eigenvalue weighted by Crippen LogP contribution is -2.66. The number of hydrogen-bond acceptors (Lipinski definition) is 7. The summed E-state index contributed by atoms with van der Waals surface area (Å²) in [6.07, 6.45) is 6.25. The highest BCUT2D eigenvalue weighted by atomic mass is 35.5. The van der Waals surface area contributed by atoms with Gasteiger partial charge in [-0.3, -0.25) is 19.2 Å². The van der Waals surface area contributed by atoms with E-state index in [1.165, 1.54) is 5.57 Å². The first kappa shape index (κ1) is 44.8. The Kier molecular flexibility index (Phi) is 12.1. The highest BCUT2D eigenvalue weighted by Gasteiger charge is 2.71. The maximum Gasteiger partial charge on any atom is 0.309 e. The van der Waals surface area contributed by atoms with Crippen molar-refractivity contribution in [2.75, 3.05) is 27.2 Å². The zero-order chi connectivity index (χ0) is 43.0. The Morgan fingerprint density at radius 1 is 0.914 bits per heavy atom. The van der Waals surface area contributed by atoms with Gasteiger partial charge in [0.1, 0.15) is 6.10 Å². The van der Waals surface area contributed by atoms with E-state index in [1.807, 2.05) is 43.3 Å². The number of aliphatic hydroxyl groups excluding tert-OH is 1. The number of likely N-dealkylation sites (N-methyl/N-ethyl adjacent to an activating group) is 1. The SMILES string of the molecule is CC(C)C1=C2[C@H]3CC[C@@H]4[C@@]5(C)CC[C@H](OC(=O)CC(C)(C)C(=O)O)C(C)(C)C5CC[C@@]4(C)[C@]3(C)CC[C@@]2([C@H](O)CN(Cc2ccc(Cl)cc2)C(=O)CN(C)C)CC1=O. The minimum Gasteiger partial charge on any atom is -0.481 e. The van der Waals surface area contributed by atoms with Crippen LogP contribution < -0.4 is 0 Å². The van der Waals surface area contributed by atoms with Crippen molar-refractivity contribution >= 4 is 35.2 Å². The summed E-state index contributed by atoms with van der Waals surface area (Å²) < 4.78 is 6.18. The predicted molar refractivity (Wildman–Crippen MR) is 227 cm³/mol. The molecule has 0 radical (unpaired) electrons. The Hall–Kier alpha value is -2.75. The van der Waals surface area contributed by atoms with Crippen LogP contribution in [0.5, 0.6) is 0 Å².